The molecule has 0 atom stereocenters. The van der Waals surface area contributed by atoms with Gasteiger partial charge in [0.2, 0.25) is 5.91 Å². The Morgan fingerprint density at radius 1 is 1.19 bits per heavy atom. The van der Waals surface area contributed by atoms with E-state index in [1.54, 1.807) is 16.8 Å². The van der Waals surface area contributed by atoms with Crippen molar-refractivity contribution < 1.29 is 9.59 Å². The molecule has 1 heterocycles. The van der Waals surface area contributed by atoms with Gasteiger partial charge >= 0.3 is 6.03 Å². The summed E-state index contributed by atoms with van der Waals surface area (Å²) in [5.41, 5.74) is 2.81. The number of amides is 3. The minimum absolute atomic E-state index is 0.163. The molecule has 1 N–H and O–H groups in total. The molecule has 0 bridgehead atoms. The van der Waals surface area contributed by atoms with Crippen LogP contribution in [0.25, 0.3) is 0 Å². The zero-order valence-electron chi connectivity index (χ0n) is 14.7. The van der Waals surface area contributed by atoms with Crippen molar-refractivity contribution in [1.29, 1.82) is 0 Å². The lowest BCUT2D eigenvalue weighted by molar-refractivity contribution is -0.117. The molecule has 1 aliphatic rings. The van der Waals surface area contributed by atoms with Crippen molar-refractivity contribution in [3.63, 3.8) is 0 Å². The minimum Gasteiger partial charge on any atom is -0.334 e. The summed E-state index contributed by atoms with van der Waals surface area (Å²) in [5, 5.41) is 3.55. The lowest BCUT2D eigenvalue weighted by Gasteiger charge is -2.19. The second-order valence-corrected chi connectivity index (χ2v) is 6.83. The Labute approximate surface area is 158 Å². The van der Waals surface area contributed by atoms with Crippen LogP contribution in [-0.2, 0) is 17.9 Å². The van der Waals surface area contributed by atoms with E-state index in [2.05, 4.69) is 5.32 Å². The second kappa shape index (κ2) is 8.23. The van der Waals surface area contributed by atoms with Crippen LogP contribution in [0.1, 0.15) is 24.0 Å². The van der Waals surface area contributed by atoms with Crippen molar-refractivity contribution in [1.82, 2.24) is 10.2 Å². The van der Waals surface area contributed by atoms with Gasteiger partial charge in [-0.15, -0.1) is 0 Å². The van der Waals surface area contributed by atoms with Crippen LogP contribution in [0.4, 0.5) is 10.5 Å². The van der Waals surface area contributed by atoms with E-state index in [0.29, 0.717) is 24.5 Å². The van der Waals surface area contributed by atoms with Gasteiger partial charge in [-0.1, -0.05) is 41.9 Å². The number of nitrogens with one attached hydrogen (secondary N) is 1. The first-order valence-corrected chi connectivity index (χ1v) is 9.04. The number of rotatable bonds is 5. The number of urea groups is 1. The second-order valence-electron chi connectivity index (χ2n) is 6.42. The molecule has 1 aliphatic heterocycles. The van der Waals surface area contributed by atoms with E-state index in [0.717, 1.165) is 29.8 Å². The molecule has 1 fully saturated rings. The van der Waals surface area contributed by atoms with Crippen LogP contribution in [0.5, 0.6) is 0 Å². The molecule has 6 heteroatoms. The molecule has 0 saturated carbocycles. The van der Waals surface area contributed by atoms with Gasteiger partial charge in [-0.05, 0) is 35.7 Å². The van der Waals surface area contributed by atoms with E-state index < -0.39 is 0 Å². The van der Waals surface area contributed by atoms with Crippen LogP contribution >= 0.6 is 11.6 Å². The summed E-state index contributed by atoms with van der Waals surface area (Å²) < 4.78 is 0. The zero-order chi connectivity index (χ0) is 18.5. The van der Waals surface area contributed by atoms with Crippen LogP contribution in [0.3, 0.4) is 0 Å². The van der Waals surface area contributed by atoms with Crippen LogP contribution in [0.15, 0.2) is 48.5 Å². The molecule has 0 aliphatic carbocycles. The summed E-state index contributed by atoms with van der Waals surface area (Å²) in [5.74, 6) is 0.173. The Balaban J connectivity index is 1.52. The van der Waals surface area contributed by atoms with Gasteiger partial charge in [-0.25, -0.2) is 4.79 Å². The van der Waals surface area contributed by atoms with Crippen LogP contribution in [0, 0.1) is 0 Å². The number of hydrogen-bond acceptors (Lipinski definition) is 2. The predicted molar refractivity (Wildman–Crippen MR) is 103 cm³/mol. The van der Waals surface area contributed by atoms with E-state index >= 15 is 0 Å². The molecular formula is C20H22ClN3O2. The first-order valence-electron chi connectivity index (χ1n) is 8.66. The highest BCUT2D eigenvalue weighted by Gasteiger charge is 2.21. The van der Waals surface area contributed by atoms with E-state index in [-0.39, 0.29) is 11.9 Å². The first-order chi connectivity index (χ1) is 12.5. The SMILES string of the molecule is CN(Cc1ccccc1Cl)C(=O)NCc1ccc(N2CCCC2=O)cc1. The zero-order valence-corrected chi connectivity index (χ0v) is 15.5. The minimum atomic E-state index is -0.163. The van der Waals surface area contributed by atoms with Gasteiger partial charge < -0.3 is 15.1 Å². The van der Waals surface area contributed by atoms with Gasteiger partial charge in [0.15, 0.2) is 0 Å². The van der Waals surface area contributed by atoms with E-state index in [1.807, 2.05) is 48.5 Å². The van der Waals surface area contributed by atoms with Gasteiger partial charge in [-0.3, -0.25) is 4.79 Å². The molecule has 1 saturated heterocycles. The third kappa shape index (κ3) is 4.35. The van der Waals surface area contributed by atoms with Gasteiger partial charge in [0, 0.05) is 43.8 Å². The van der Waals surface area contributed by atoms with E-state index in [1.165, 1.54) is 0 Å². The summed E-state index contributed by atoms with van der Waals surface area (Å²) in [4.78, 5) is 27.4. The van der Waals surface area contributed by atoms with Crippen molar-refractivity contribution in [3.8, 4) is 0 Å². The van der Waals surface area contributed by atoms with Gasteiger partial charge in [0.05, 0.1) is 0 Å². The summed E-state index contributed by atoms with van der Waals surface area (Å²) in [7, 11) is 1.74. The van der Waals surface area contributed by atoms with Crippen LogP contribution in [0.2, 0.25) is 5.02 Å². The Hall–Kier alpha value is -2.53. The van der Waals surface area contributed by atoms with Crippen LogP contribution < -0.4 is 10.2 Å². The summed E-state index contributed by atoms with van der Waals surface area (Å²) >= 11 is 6.14. The topological polar surface area (TPSA) is 52.7 Å². The first kappa shape index (κ1) is 18.3. The lowest BCUT2D eigenvalue weighted by Crippen LogP contribution is -2.36. The van der Waals surface area contributed by atoms with Crippen molar-refractivity contribution in [2.75, 3.05) is 18.5 Å². The third-order valence-electron chi connectivity index (χ3n) is 4.48. The largest absolute Gasteiger partial charge is 0.334 e. The molecule has 2 aromatic rings. The van der Waals surface area contributed by atoms with E-state index in [4.69, 9.17) is 11.6 Å². The Kier molecular flexibility index (Phi) is 5.78. The molecule has 5 nitrogen and oxygen atoms in total. The highest BCUT2D eigenvalue weighted by atomic mass is 35.5. The Bertz CT molecular complexity index is 792. The normalized spacial score (nSPS) is 13.8. The summed E-state index contributed by atoms with van der Waals surface area (Å²) in [6.07, 6.45) is 1.53. The van der Waals surface area contributed by atoms with Gasteiger partial charge in [0.25, 0.3) is 0 Å². The Morgan fingerprint density at radius 3 is 2.58 bits per heavy atom. The van der Waals surface area contributed by atoms with Crippen molar-refractivity contribution in [2.45, 2.75) is 25.9 Å². The molecule has 136 valence electrons. The molecule has 2 aromatic carbocycles. The van der Waals surface area contributed by atoms with Gasteiger partial charge in [0.1, 0.15) is 0 Å². The fraction of sp³-hybridized carbons (Fsp3) is 0.300. The number of halogens is 1. The average molecular weight is 372 g/mol. The maximum absolute atomic E-state index is 12.3. The van der Waals surface area contributed by atoms with Gasteiger partial charge in [-0.2, -0.15) is 0 Å². The van der Waals surface area contributed by atoms with Crippen molar-refractivity contribution in [3.05, 3.63) is 64.7 Å². The number of benzene rings is 2. The maximum atomic E-state index is 12.3. The smallest absolute Gasteiger partial charge is 0.317 e. The van der Waals surface area contributed by atoms with Crippen molar-refractivity contribution >= 4 is 29.2 Å². The number of anilines is 1. The van der Waals surface area contributed by atoms with E-state index in [9.17, 15) is 9.59 Å². The number of carbonyl (C=O) groups is 2. The molecular weight excluding hydrogens is 350 g/mol. The lowest BCUT2D eigenvalue weighted by atomic mass is 10.2. The van der Waals surface area contributed by atoms with Crippen molar-refractivity contribution in [2.24, 2.45) is 0 Å². The fourth-order valence-corrected chi connectivity index (χ4v) is 3.18. The molecule has 0 unspecified atom stereocenters. The highest BCUT2D eigenvalue weighted by Crippen LogP contribution is 2.21. The fourth-order valence-electron chi connectivity index (χ4n) is 2.98. The highest BCUT2D eigenvalue weighted by molar-refractivity contribution is 6.31. The predicted octanol–water partition coefficient (Wildman–Crippen LogP) is 3.81. The number of nitrogens with zero attached hydrogens (tertiary/aromatic N) is 2. The monoisotopic (exact) mass is 371 g/mol. The Morgan fingerprint density at radius 2 is 1.92 bits per heavy atom. The summed E-state index contributed by atoms with van der Waals surface area (Å²) in [6, 6.07) is 15.1. The van der Waals surface area contributed by atoms with Crippen LogP contribution in [-0.4, -0.2) is 30.4 Å². The number of carbonyl (C=O) groups excluding carboxylic acids is 2. The quantitative estimate of drug-likeness (QED) is 0.868. The molecule has 3 rings (SSSR count). The standard InChI is InChI=1S/C20H22ClN3O2/c1-23(14-16-5-2-3-6-18(16)21)20(26)22-13-15-8-10-17(11-9-15)24-12-4-7-19(24)25/h2-3,5-6,8-11H,4,7,12-14H2,1H3,(H,22,26). The molecule has 0 aromatic heterocycles. The number of hydrogen-bond donors (Lipinski definition) is 1. The molecule has 0 spiro atoms. The average Bonchev–Trinajstić information content (AvgIpc) is 3.08. The molecule has 26 heavy (non-hydrogen) atoms. The summed E-state index contributed by atoms with van der Waals surface area (Å²) in [6.45, 7) is 1.66. The maximum Gasteiger partial charge on any atom is 0.317 e. The molecule has 3 amide bonds. The molecule has 0 radical (unpaired) electrons. The third-order valence-corrected chi connectivity index (χ3v) is 4.85.